The number of carbonyl (C=O) groups excluding carboxylic acids is 3. The van der Waals surface area contributed by atoms with Gasteiger partial charge in [0.25, 0.3) is 0 Å². The van der Waals surface area contributed by atoms with Gasteiger partial charge in [-0.3, -0.25) is 9.59 Å². The molecule has 2 atom stereocenters. The first kappa shape index (κ1) is 50.5. The van der Waals surface area contributed by atoms with Crippen LogP contribution in [0.2, 0.25) is 0 Å². The van der Waals surface area contributed by atoms with E-state index in [-0.39, 0.29) is 38.6 Å². The van der Waals surface area contributed by atoms with Crippen LogP contribution >= 0.6 is 0 Å². The smallest absolute Gasteiger partial charge is 0.306 e. The molecule has 0 heterocycles. The van der Waals surface area contributed by atoms with E-state index in [1.807, 2.05) is 21.1 Å². The van der Waals surface area contributed by atoms with Crippen LogP contribution < -0.4 is 5.11 Å². The number of nitrogens with zero attached hydrogens (tertiary/aromatic N) is 1. The Bertz CT molecular complexity index is 971. The van der Waals surface area contributed by atoms with Gasteiger partial charge in [-0.1, -0.05) is 121 Å². The van der Waals surface area contributed by atoms with E-state index < -0.39 is 24.3 Å². The van der Waals surface area contributed by atoms with E-state index in [1.165, 1.54) is 57.8 Å². The lowest BCUT2D eigenvalue weighted by Gasteiger charge is -2.26. The predicted octanol–water partition coefficient (Wildman–Crippen LogP) is 9.33. The van der Waals surface area contributed by atoms with Crippen molar-refractivity contribution in [1.82, 2.24) is 0 Å². The topological polar surface area (TPSA) is 111 Å². The van der Waals surface area contributed by atoms with Gasteiger partial charge in [0.1, 0.15) is 13.2 Å². The number of esters is 2. The highest BCUT2D eigenvalue weighted by molar-refractivity contribution is 5.70. The van der Waals surface area contributed by atoms with E-state index in [9.17, 15) is 19.5 Å². The molecule has 53 heavy (non-hydrogen) atoms. The van der Waals surface area contributed by atoms with Crippen molar-refractivity contribution in [2.75, 3.05) is 47.5 Å². The maximum absolute atomic E-state index is 12.7. The molecule has 9 nitrogen and oxygen atoms in total. The molecule has 0 amide bonds. The lowest BCUT2D eigenvalue weighted by Crippen LogP contribution is -2.44. The quantitative estimate of drug-likeness (QED) is 0.0202. The molecule has 0 radical (unpaired) electrons. The molecule has 0 saturated carbocycles. The van der Waals surface area contributed by atoms with Crippen LogP contribution in [0.3, 0.4) is 0 Å². The highest BCUT2D eigenvalue weighted by Gasteiger charge is 2.21. The Labute approximate surface area is 324 Å². The number of aliphatic carboxylic acids is 1. The van der Waals surface area contributed by atoms with E-state index in [0.717, 1.165) is 77.0 Å². The molecule has 9 heteroatoms. The fourth-order valence-electron chi connectivity index (χ4n) is 5.50. The molecule has 0 aromatic heterocycles. The number of carboxylic acids is 1. The van der Waals surface area contributed by atoms with E-state index in [4.69, 9.17) is 18.9 Å². The highest BCUT2D eigenvalue weighted by atomic mass is 16.7. The monoisotopic (exact) mass is 750 g/mol. The minimum atomic E-state index is -1.62. The molecule has 0 spiro atoms. The van der Waals surface area contributed by atoms with Crippen LogP contribution in [0.25, 0.3) is 0 Å². The van der Waals surface area contributed by atoms with E-state index in [1.54, 1.807) is 0 Å². The molecular formula is C44H79NO8. The molecular weight excluding hydrogens is 670 g/mol. The molecule has 0 bridgehead atoms. The van der Waals surface area contributed by atoms with Crippen LogP contribution in [-0.4, -0.2) is 82.3 Å². The number of unbranched alkanes of at least 4 members (excludes halogenated alkanes) is 17. The number of quaternary nitrogens is 1. The molecule has 0 N–H and O–H groups in total. The first-order valence-electron chi connectivity index (χ1n) is 21.1. The van der Waals surface area contributed by atoms with Gasteiger partial charge in [0.05, 0.1) is 40.3 Å². The number of allylic oxidation sites excluding steroid dienone is 6. The Morgan fingerprint density at radius 1 is 0.566 bits per heavy atom. The zero-order chi connectivity index (χ0) is 39.3. The average molecular weight is 750 g/mol. The van der Waals surface area contributed by atoms with Crippen LogP contribution in [0.5, 0.6) is 0 Å². The van der Waals surface area contributed by atoms with Crippen molar-refractivity contribution in [1.29, 1.82) is 0 Å². The normalized spacial score (nSPS) is 13.3. The minimum absolute atomic E-state index is 0.143. The van der Waals surface area contributed by atoms with Gasteiger partial charge in [-0.25, -0.2) is 0 Å². The number of hydrogen-bond acceptors (Lipinski definition) is 8. The van der Waals surface area contributed by atoms with Crippen molar-refractivity contribution in [3.8, 4) is 0 Å². The average Bonchev–Trinajstić information content (AvgIpc) is 3.11. The van der Waals surface area contributed by atoms with Crippen molar-refractivity contribution in [3.63, 3.8) is 0 Å². The Kier molecular flexibility index (Phi) is 34.8. The minimum Gasteiger partial charge on any atom is -0.545 e. The van der Waals surface area contributed by atoms with Crippen molar-refractivity contribution >= 4 is 17.9 Å². The summed E-state index contributed by atoms with van der Waals surface area (Å²) in [5.41, 5.74) is 0. The largest absolute Gasteiger partial charge is 0.545 e. The first-order valence-corrected chi connectivity index (χ1v) is 21.1. The predicted molar refractivity (Wildman–Crippen MR) is 214 cm³/mol. The third kappa shape index (κ3) is 37.6. The summed E-state index contributed by atoms with van der Waals surface area (Å²) in [4.78, 5) is 36.9. The SMILES string of the molecule is CCCCC/C=C\C/C=C\CCCCCCCC(=O)OC(COC(=O)CCCCCCC/C=C\CCCCCC)COC(OCC[N+](C)(C)C)C(=O)[O-]. The van der Waals surface area contributed by atoms with Gasteiger partial charge < -0.3 is 33.3 Å². The number of hydrogen-bond donors (Lipinski definition) is 0. The number of carbonyl (C=O) groups is 3. The third-order valence-corrected chi connectivity index (χ3v) is 8.86. The maximum atomic E-state index is 12.7. The summed E-state index contributed by atoms with van der Waals surface area (Å²) in [6, 6.07) is 0. The summed E-state index contributed by atoms with van der Waals surface area (Å²) < 4.78 is 22.5. The molecule has 308 valence electrons. The molecule has 0 aliphatic rings. The zero-order valence-corrected chi connectivity index (χ0v) is 34.6. The van der Waals surface area contributed by atoms with E-state index in [0.29, 0.717) is 17.4 Å². The fourth-order valence-corrected chi connectivity index (χ4v) is 5.50. The summed E-state index contributed by atoms with van der Waals surface area (Å²) >= 11 is 0. The Morgan fingerprint density at radius 3 is 1.55 bits per heavy atom. The van der Waals surface area contributed by atoms with Gasteiger partial charge in [-0.05, 0) is 70.6 Å². The summed E-state index contributed by atoms with van der Waals surface area (Å²) in [6.07, 6.45) is 36.0. The van der Waals surface area contributed by atoms with Gasteiger partial charge >= 0.3 is 11.9 Å². The van der Waals surface area contributed by atoms with Gasteiger partial charge in [-0.15, -0.1) is 0 Å². The van der Waals surface area contributed by atoms with Crippen LogP contribution in [0.15, 0.2) is 36.5 Å². The second-order valence-corrected chi connectivity index (χ2v) is 15.3. The van der Waals surface area contributed by atoms with Crippen LogP contribution in [0.1, 0.15) is 168 Å². The molecule has 0 aliphatic carbocycles. The summed E-state index contributed by atoms with van der Waals surface area (Å²) in [7, 11) is 5.89. The first-order chi connectivity index (χ1) is 25.6. The number of ether oxygens (including phenoxy) is 4. The van der Waals surface area contributed by atoms with Crippen molar-refractivity contribution < 1.29 is 42.9 Å². The van der Waals surface area contributed by atoms with Crippen molar-refractivity contribution in [2.24, 2.45) is 0 Å². The van der Waals surface area contributed by atoms with Crippen LogP contribution in [0.4, 0.5) is 0 Å². The highest BCUT2D eigenvalue weighted by Crippen LogP contribution is 2.12. The van der Waals surface area contributed by atoms with Gasteiger partial charge in [0.15, 0.2) is 12.4 Å². The summed E-state index contributed by atoms with van der Waals surface area (Å²) in [6.45, 7) is 4.65. The molecule has 0 aliphatic heterocycles. The molecule has 0 rings (SSSR count). The molecule has 0 aromatic rings. The molecule has 2 unspecified atom stereocenters. The van der Waals surface area contributed by atoms with Crippen LogP contribution in [-0.2, 0) is 33.3 Å². The van der Waals surface area contributed by atoms with Gasteiger partial charge in [-0.2, -0.15) is 0 Å². The second kappa shape index (κ2) is 36.5. The number of carboxylic acid groups (broad SMARTS) is 1. The lowest BCUT2D eigenvalue weighted by atomic mass is 10.1. The standard InChI is InChI=1S/C44H79NO8/c1-6-8-10-12-14-16-18-20-21-23-25-27-29-31-33-35-42(47)53-40(39-52-44(43(48)49)50-37-36-45(3,4)5)38-51-41(46)34-32-30-28-26-24-22-19-17-15-13-11-9-7-2/h14,16-17,19-21,40,44H,6-13,15,18,22-39H2,1-5H3/b16-14-,19-17-,21-20-. The summed E-state index contributed by atoms with van der Waals surface area (Å²) in [5, 5.41) is 11.7. The zero-order valence-electron chi connectivity index (χ0n) is 34.6. The number of likely N-dealkylation sites (N-methyl/N-ethyl adjacent to an activating group) is 1. The van der Waals surface area contributed by atoms with E-state index in [2.05, 4.69) is 50.3 Å². The Balaban J connectivity index is 4.53. The van der Waals surface area contributed by atoms with E-state index >= 15 is 0 Å². The lowest BCUT2D eigenvalue weighted by molar-refractivity contribution is -0.870. The second-order valence-electron chi connectivity index (χ2n) is 15.3. The Hall–Kier alpha value is -2.49. The van der Waals surface area contributed by atoms with Gasteiger partial charge in [0.2, 0.25) is 0 Å². The van der Waals surface area contributed by atoms with Crippen LogP contribution in [0, 0.1) is 0 Å². The van der Waals surface area contributed by atoms with Gasteiger partial charge in [0, 0.05) is 12.8 Å². The third-order valence-electron chi connectivity index (χ3n) is 8.86. The Morgan fingerprint density at radius 2 is 1.02 bits per heavy atom. The fraction of sp³-hybridized carbons (Fsp3) is 0.795. The van der Waals surface area contributed by atoms with Crippen molar-refractivity contribution in [2.45, 2.75) is 180 Å². The molecule has 0 aromatic carbocycles. The molecule has 0 saturated heterocycles. The number of rotatable bonds is 38. The summed E-state index contributed by atoms with van der Waals surface area (Å²) in [5.74, 6) is -2.32. The maximum Gasteiger partial charge on any atom is 0.306 e. The molecule has 0 fully saturated rings. The van der Waals surface area contributed by atoms with Crippen molar-refractivity contribution in [3.05, 3.63) is 36.5 Å².